The fraction of sp³-hybridized carbons (Fsp3) is 0.571. The molecule has 1 aromatic rings. The van der Waals surface area contributed by atoms with Gasteiger partial charge in [-0.1, -0.05) is 0 Å². The van der Waals surface area contributed by atoms with E-state index in [9.17, 15) is 9.59 Å². The quantitative estimate of drug-likeness (QED) is 0.892. The molecule has 2 amide bonds. The minimum absolute atomic E-state index is 0.0739. The first-order valence-electron chi connectivity index (χ1n) is 6.80. The van der Waals surface area contributed by atoms with Gasteiger partial charge in [0, 0.05) is 29.8 Å². The van der Waals surface area contributed by atoms with E-state index in [4.69, 9.17) is 0 Å². The SMILES string of the molecule is CC(C)NC(=O)CN(C)C(=O)c1cc(Br)cn1C1CC1. The molecule has 0 saturated heterocycles. The molecule has 0 bridgehead atoms. The Bertz CT molecular complexity index is 520. The number of rotatable bonds is 5. The highest BCUT2D eigenvalue weighted by molar-refractivity contribution is 9.10. The Morgan fingerprint density at radius 2 is 2.15 bits per heavy atom. The molecule has 1 aliphatic carbocycles. The molecule has 5 nitrogen and oxygen atoms in total. The first-order chi connectivity index (χ1) is 9.38. The third-order valence-electron chi connectivity index (χ3n) is 3.15. The predicted octanol–water partition coefficient (Wildman–Crippen LogP) is 2.18. The van der Waals surface area contributed by atoms with Crippen LogP contribution in [-0.2, 0) is 4.79 Å². The maximum absolute atomic E-state index is 12.4. The average molecular weight is 342 g/mol. The van der Waals surface area contributed by atoms with Gasteiger partial charge in [0.15, 0.2) is 0 Å². The summed E-state index contributed by atoms with van der Waals surface area (Å²) in [5, 5.41) is 2.79. The van der Waals surface area contributed by atoms with Crippen molar-refractivity contribution in [3.05, 3.63) is 22.4 Å². The maximum atomic E-state index is 12.4. The lowest BCUT2D eigenvalue weighted by Crippen LogP contribution is -2.41. The highest BCUT2D eigenvalue weighted by atomic mass is 79.9. The van der Waals surface area contributed by atoms with Crippen LogP contribution in [0.1, 0.15) is 43.2 Å². The molecule has 1 aliphatic rings. The lowest BCUT2D eigenvalue weighted by atomic mass is 10.3. The Kier molecular flexibility index (Phi) is 4.52. The van der Waals surface area contributed by atoms with Gasteiger partial charge in [-0.25, -0.2) is 0 Å². The third kappa shape index (κ3) is 3.62. The monoisotopic (exact) mass is 341 g/mol. The van der Waals surface area contributed by atoms with Crippen molar-refractivity contribution in [2.75, 3.05) is 13.6 Å². The number of nitrogens with zero attached hydrogens (tertiary/aromatic N) is 2. The van der Waals surface area contributed by atoms with Crippen LogP contribution in [0.3, 0.4) is 0 Å². The number of aromatic nitrogens is 1. The van der Waals surface area contributed by atoms with Crippen LogP contribution in [0, 0.1) is 0 Å². The van der Waals surface area contributed by atoms with Crippen molar-refractivity contribution in [2.45, 2.75) is 38.8 Å². The van der Waals surface area contributed by atoms with E-state index in [1.54, 1.807) is 7.05 Å². The van der Waals surface area contributed by atoms with Crippen LogP contribution in [-0.4, -0.2) is 40.9 Å². The minimum atomic E-state index is -0.139. The Balaban J connectivity index is 2.05. The van der Waals surface area contributed by atoms with Gasteiger partial charge < -0.3 is 14.8 Å². The van der Waals surface area contributed by atoms with Crippen molar-refractivity contribution in [1.29, 1.82) is 0 Å². The molecule has 0 atom stereocenters. The van der Waals surface area contributed by atoms with Crippen LogP contribution in [0.5, 0.6) is 0 Å². The molecule has 6 heteroatoms. The van der Waals surface area contributed by atoms with Crippen molar-refractivity contribution in [1.82, 2.24) is 14.8 Å². The molecule has 1 N–H and O–H groups in total. The van der Waals surface area contributed by atoms with Gasteiger partial charge in [0.1, 0.15) is 5.69 Å². The maximum Gasteiger partial charge on any atom is 0.270 e. The number of carbonyl (C=O) groups excluding carboxylic acids is 2. The van der Waals surface area contributed by atoms with Crippen LogP contribution in [0.4, 0.5) is 0 Å². The molecule has 20 heavy (non-hydrogen) atoms. The minimum Gasteiger partial charge on any atom is -0.352 e. The summed E-state index contributed by atoms with van der Waals surface area (Å²) in [4.78, 5) is 25.6. The number of hydrogen-bond acceptors (Lipinski definition) is 2. The molecule has 0 radical (unpaired) electrons. The number of nitrogens with one attached hydrogen (secondary N) is 1. The van der Waals surface area contributed by atoms with Crippen LogP contribution < -0.4 is 5.32 Å². The molecule has 2 rings (SSSR count). The van der Waals surface area contributed by atoms with Crippen molar-refractivity contribution in [3.63, 3.8) is 0 Å². The van der Waals surface area contributed by atoms with E-state index in [1.165, 1.54) is 4.90 Å². The van der Waals surface area contributed by atoms with Gasteiger partial charge in [-0.15, -0.1) is 0 Å². The van der Waals surface area contributed by atoms with Crippen LogP contribution in [0.2, 0.25) is 0 Å². The highest BCUT2D eigenvalue weighted by Gasteiger charge is 2.29. The van der Waals surface area contributed by atoms with Crippen molar-refractivity contribution in [3.8, 4) is 0 Å². The van der Waals surface area contributed by atoms with Crippen LogP contribution in [0.25, 0.3) is 0 Å². The van der Waals surface area contributed by atoms with E-state index < -0.39 is 0 Å². The van der Waals surface area contributed by atoms with E-state index >= 15 is 0 Å². The second-order valence-corrected chi connectivity index (χ2v) is 6.48. The summed E-state index contributed by atoms with van der Waals surface area (Å²) in [6.45, 7) is 3.87. The Hall–Kier alpha value is -1.30. The zero-order valence-corrected chi connectivity index (χ0v) is 13.6. The smallest absolute Gasteiger partial charge is 0.270 e. The summed E-state index contributed by atoms with van der Waals surface area (Å²) >= 11 is 3.41. The number of hydrogen-bond donors (Lipinski definition) is 1. The van der Waals surface area contributed by atoms with Crippen LogP contribution >= 0.6 is 15.9 Å². The number of carbonyl (C=O) groups is 2. The van der Waals surface area contributed by atoms with Crippen LogP contribution in [0.15, 0.2) is 16.7 Å². The van der Waals surface area contributed by atoms with E-state index in [0.29, 0.717) is 11.7 Å². The Morgan fingerprint density at radius 3 is 2.70 bits per heavy atom. The molecular weight excluding hydrogens is 322 g/mol. The summed E-state index contributed by atoms with van der Waals surface area (Å²) < 4.78 is 2.90. The van der Waals surface area contributed by atoms with Gasteiger partial charge in [-0.05, 0) is 48.7 Å². The van der Waals surface area contributed by atoms with Crippen molar-refractivity contribution in [2.24, 2.45) is 0 Å². The molecule has 0 unspecified atom stereocenters. The zero-order chi connectivity index (χ0) is 14.9. The van der Waals surface area contributed by atoms with Gasteiger partial charge in [0.2, 0.25) is 5.91 Å². The second-order valence-electron chi connectivity index (χ2n) is 5.57. The summed E-state index contributed by atoms with van der Waals surface area (Å²) in [5.74, 6) is -0.263. The number of halogens is 1. The predicted molar refractivity (Wildman–Crippen MR) is 80.6 cm³/mol. The van der Waals surface area contributed by atoms with E-state index in [0.717, 1.165) is 17.3 Å². The second kappa shape index (κ2) is 5.99. The fourth-order valence-corrected chi connectivity index (χ4v) is 2.56. The average Bonchev–Trinajstić information content (AvgIpc) is 3.10. The van der Waals surface area contributed by atoms with Gasteiger partial charge in [-0.2, -0.15) is 0 Å². The van der Waals surface area contributed by atoms with Gasteiger partial charge in [0.05, 0.1) is 6.54 Å². The molecule has 1 saturated carbocycles. The van der Waals surface area contributed by atoms with Gasteiger partial charge in [-0.3, -0.25) is 9.59 Å². The first kappa shape index (κ1) is 15.1. The van der Waals surface area contributed by atoms with Gasteiger partial charge >= 0.3 is 0 Å². The lowest BCUT2D eigenvalue weighted by molar-refractivity contribution is -0.122. The molecule has 0 aliphatic heterocycles. The van der Waals surface area contributed by atoms with Crippen molar-refractivity contribution < 1.29 is 9.59 Å². The molecule has 1 heterocycles. The molecule has 0 aromatic carbocycles. The van der Waals surface area contributed by atoms with E-state index in [-0.39, 0.29) is 24.4 Å². The van der Waals surface area contributed by atoms with Crippen molar-refractivity contribution >= 4 is 27.7 Å². The normalized spacial score (nSPS) is 14.4. The number of likely N-dealkylation sites (N-methyl/N-ethyl adjacent to an activating group) is 1. The zero-order valence-electron chi connectivity index (χ0n) is 12.0. The van der Waals surface area contributed by atoms with E-state index in [1.807, 2.05) is 30.7 Å². The first-order valence-corrected chi connectivity index (χ1v) is 7.60. The number of amides is 2. The lowest BCUT2D eigenvalue weighted by Gasteiger charge is -2.18. The Labute approximate surface area is 127 Å². The summed E-state index contributed by atoms with van der Waals surface area (Å²) in [6, 6.07) is 2.32. The summed E-state index contributed by atoms with van der Waals surface area (Å²) in [6.07, 6.45) is 4.16. The molecule has 1 fully saturated rings. The van der Waals surface area contributed by atoms with E-state index in [2.05, 4.69) is 21.2 Å². The summed E-state index contributed by atoms with van der Waals surface area (Å²) in [7, 11) is 1.65. The molecule has 0 spiro atoms. The molecule has 110 valence electrons. The summed E-state index contributed by atoms with van der Waals surface area (Å²) in [5.41, 5.74) is 0.638. The van der Waals surface area contributed by atoms with Gasteiger partial charge in [0.25, 0.3) is 5.91 Å². The topological polar surface area (TPSA) is 54.3 Å². The largest absolute Gasteiger partial charge is 0.352 e. The standard InChI is InChI=1S/C14H20BrN3O2/c1-9(2)16-13(19)8-17(3)14(20)12-6-10(15)7-18(12)11-4-5-11/h6-7,9,11H,4-5,8H2,1-3H3,(H,16,19). The third-order valence-corrected chi connectivity index (χ3v) is 3.59. The molecular formula is C14H20BrN3O2. The fourth-order valence-electron chi connectivity index (χ4n) is 2.12. The Morgan fingerprint density at radius 1 is 1.50 bits per heavy atom. The molecule has 1 aromatic heterocycles. The highest BCUT2D eigenvalue weighted by Crippen LogP contribution is 2.37.